The number of aromatic nitrogens is 1. The highest BCUT2D eigenvalue weighted by Crippen LogP contribution is 2.33. The molecule has 0 bridgehead atoms. The van der Waals surface area contributed by atoms with Crippen LogP contribution in [0.1, 0.15) is 5.56 Å². The lowest BCUT2D eigenvalue weighted by Crippen LogP contribution is -1.81. The Balaban J connectivity index is 2.08. The third-order valence-corrected chi connectivity index (χ3v) is 3.62. The molecule has 0 unspecified atom stereocenters. The Morgan fingerprint density at radius 2 is 1.75 bits per heavy atom. The molecule has 0 spiro atoms. The van der Waals surface area contributed by atoms with E-state index in [0.29, 0.717) is 0 Å². The molecule has 0 aliphatic heterocycles. The van der Waals surface area contributed by atoms with Crippen molar-refractivity contribution < 1.29 is 4.42 Å². The van der Waals surface area contributed by atoms with E-state index in [0.717, 1.165) is 27.6 Å². The molecule has 0 atom stereocenters. The monoisotopic (exact) mass is 259 g/mol. The highest BCUT2D eigenvalue weighted by atomic mass is 16.3. The number of rotatable bonds is 1. The smallest absolute Gasteiger partial charge is 0.153 e. The van der Waals surface area contributed by atoms with E-state index in [1.165, 1.54) is 11.1 Å². The SMILES string of the molecule is Cc1cc(-c2ccccc2)cc2c1oc1cccnc12. The second kappa shape index (κ2) is 4.20. The molecule has 0 fully saturated rings. The van der Waals surface area contributed by atoms with Gasteiger partial charge < -0.3 is 4.42 Å². The summed E-state index contributed by atoms with van der Waals surface area (Å²) in [6.07, 6.45) is 1.81. The minimum Gasteiger partial charge on any atom is -0.454 e. The van der Waals surface area contributed by atoms with E-state index in [4.69, 9.17) is 4.42 Å². The molecular formula is C18H13NO. The molecule has 2 aromatic heterocycles. The van der Waals surface area contributed by atoms with Crippen LogP contribution in [0.3, 0.4) is 0 Å². The molecule has 0 aliphatic carbocycles. The van der Waals surface area contributed by atoms with Crippen LogP contribution in [0.5, 0.6) is 0 Å². The van der Waals surface area contributed by atoms with Crippen molar-refractivity contribution in [3.63, 3.8) is 0 Å². The number of pyridine rings is 1. The average molecular weight is 259 g/mol. The van der Waals surface area contributed by atoms with E-state index >= 15 is 0 Å². The maximum atomic E-state index is 5.91. The Labute approximate surface area is 116 Å². The molecule has 4 rings (SSSR count). The van der Waals surface area contributed by atoms with Crippen molar-refractivity contribution in [2.75, 3.05) is 0 Å². The second-order valence-electron chi connectivity index (χ2n) is 4.99. The van der Waals surface area contributed by atoms with Gasteiger partial charge in [0.15, 0.2) is 5.58 Å². The van der Waals surface area contributed by atoms with Crippen molar-refractivity contribution in [3.8, 4) is 11.1 Å². The van der Waals surface area contributed by atoms with Crippen molar-refractivity contribution in [1.29, 1.82) is 0 Å². The zero-order valence-corrected chi connectivity index (χ0v) is 11.1. The van der Waals surface area contributed by atoms with Gasteiger partial charge in [-0.15, -0.1) is 0 Å². The average Bonchev–Trinajstić information content (AvgIpc) is 2.88. The third-order valence-electron chi connectivity index (χ3n) is 3.62. The lowest BCUT2D eigenvalue weighted by molar-refractivity contribution is 0.665. The number of hydrogen-bond acceptors (Lipinski definition) is 2. The van der Waals surface area contributed by atoms with Gasteiger partial charge in [-0.05, 0) is 47.9 Å². The first-order valence-corrected chi connectivity index (χ1v) is 6.66. The topological polar surface area (TPSA) is 26.0 Å². The normalized spacial score (nSPS) is 11.2. The zero-order valence-electron chi connectivity index (χ0n) is 11.1. The predicted molar refractivity (Wildman–Crippen MR) is 81.7 cm³/mol. The first kappa shape index (κ1) is 11.2. The van der Waals surface area contributed by atoms with Gasteiger partial charge in [0.25, 0.3) is 0 Å². The molecule has 96 valence electrons. The summed E-state index contributed by atoms with van der Waals surface area (Å²) in [6, 6.07) is 18.6. The minimum atomic E-state index is 0.843. The third kappa shape index (κ3) is 1.62. The van der Waals surface area contributed by atoms with Crippen LogP contribution in [-0.2, 0) is 0 Å². The van der Waals surface area contributed by atoms with Crippen LogP contribution in [0.4, 0.5) is 0 Å². The Morgan fingerprint density at radius 1 is 0.900 bits per heavy atom. The fraction of sp³-hybridized carbons (Fsp3) is 0.0556. The highest BCUT2D eigenvalue weighted by molar-refractivity contribution is 6.05. The summed E-state index contributed by atoms with van der Waals surface area (Å²) < 4.78 is 5.91. The maximum absolute atomic E-state index is 5.91. The van der Waals surface area contributed by atoms with Gasteiger partial charge in [-0.1, -0.05) is 30.3 Å². The molecule has 4 aromatic rings. The summed E-state index contributed by atoms with van der Waals surface area (Å²) in [5, 5.41) is 1.08. The summed E-state index contributed by atoms with van der Waals surface area (Å²) in [4.78, 5) is 4.45. The molecule has 0 saturated carbocycles. The summed E-state index contributed by atoms with van der Waals surface area (Å²) in [5.41, 5.74) is 6.25. The van der Waals surface area contributed by atoms with Crippen molar-refractivity contribution in [1.82, 2.24) is 4.98 Å². The predicted octanol–water partition coefficient (Wildman–Crippen LogP) is 4.96. The largest absolute Gasteiger partial charge is 0.454 e. The number of furan rings is 1. The van der Waals surface area contributed by atoms with Crippen LogP contribution in [0.2, 0.25) is 0 Å². The van der Waals surface area contributed by atoms with Gasteiger partial charge in [0.1, 0.15) is 11.1 Å². The van der Waals surface area contributed by atoms with Crippen LogP contribution in [0.25, 0.3) is 33.2 Å². The van der Waals surface area contributed by atoms with Crippen molar-refractivity contribution in [2.45, 2.75) is 6.92 Å². The van der Waals surface area contributed by atoms with Crippen molar-refractivity contribution in [2.24, 2.45) is 0 Å². The van der Waals surface area contributed by atoms with Gasteiger partial charge in [0.05, 0.1) is 0 Å². The molecule has 0 aliphatic rings. The number of nitrogens with zero attached hydrogens (tertiary/aromatic N) is 1. The second-order valence-corrected chi connectivity index (χ2v) is 4.99. The molecule has 0 radical (unpaired) electrons. The number of fused-ring (bicyclic) bond motifs is 3. The lowest BCUT2D eigenvalue weighted by atomic mass is 10.0. The number of aryl methyl sites for hydroxylation is 1. The van der Waals surface area contributed by atoms with E-state index in [-0.39, 0.29) is 0 Å². The van der Waals surface area contributed by atoms with E-state index in [1.807, 2.05) is 24.4 Å². The van der Waals surface area contributed by atoms with E-state index in [9.17, 15) is 0 Å². The first-order valence-electron chi connectivity index (χ1n) is 6.66. The van der Waals surface area contributed by atoms with Crippen LogP contribution < -0.4 is 0 Å². The van der Waals surface area contributed by atoms with E-state index in [1.54, 1.807) is 0 Å². The highest BCUT2D eigenvalue weighted by Gasteiger charge is 2.11. The molecule has 2 aromatic carbocycles. The van der Waals surface area contributed by atoms with Crippen LogP contribution in [0, 0.1) is 6.92 Å². The summed E-state index contributed by atoms with van der Waals surface area (Å²) in [7, 11) is 0. The molecule has 2 heterocycles. The molecule has 0 amide bonds. The molecule has 2 heteroatoms. The van der Waals surface area contributed by atoms with Gasteiger partial charge in [0.2, 0.25) is 0 Å². The summed E-state index contributed by atoms with van der Waals surface area (Å²) >= 11 is 0. The van der Waals surface area contributed by atoms with Gasteiger partial charge >= 0.3 is 0 Å². The van der Waals surface area contributed by atoms with E-state index < -0.39 is 0 Å². The number of benzene rings is 2. The fourth-order valence-electron chi connectivity index (χ4n) is 2.67. The molecule has 2 nitrogen and oxygen atoms in total. The van der Waals surface area contributed by atoms with Crippen LogP contribution in [0.15, 0.2) is 65.2 Å². The molecule has 0 N–H and O–H groups in total. The van der Waals surface area contributed by atoms with Crippen molar-refractivity contribution >= 4 is 22.1 Å². The maximum Gasteiger partial charge on any atom is 0.153 e. The first-order chi connectivity index (χ1) is 9.83. The van der Waals surface area contributed by atoms with Gasteiger partial charge in [-0.3, -0.25) is 4.98 Å². The molecular weight excluding hydrogens is 246 g/mol. The fourth-order valence-corrected chi connectivity index (χ4v) is 2.67. The van der Waals surface area contributed by atoms with Gasteiger partial charge in [-0.25, -0.2) is 0 Å². The quantitative estimate of drug-likeness (QED) is 0.483. The van der Waals surface area contributed by atoms with Gasteiger partial charge in [-0.2, -0.15) is 0 Å². The number of hydrogen-bond donors (Lipinski definition) is 0. The summed E-state index contributed by atoms with van der Waals surface area (Å²) in [6.45, 7) is 2.08. The minimum absolute atomic E-state index is 0.843. The Bertz CT molecular complexity index is 907. The Hall–Kier alpha value is -2.61. The lowest BCUT2D eigenvalue weighted by Gasteiger charge is -2.03. The van der Waals surface area contributed by atoms with Crippen LogP contribution in [-0.4, -0.2) is 4.98 Å². The van der Waals surface area contributed by atoms with Crippen LogP contribution >= 0.6 is 0 Å². The zero-order chi connectivity index (χ0) is 13.5. The molecule has 0 saturated heterocycles. The van der Waals surface area contributed by atoms with E-state index in [2.05, 4.69) is 48.3 Å². The Morgan fingerprint density at radius 3 is 2.60 bits per heavy atom. The Kier molecular flexibility index (Phi) is 2.36. The van der Waals surface area contributed by atoms with Crippen molar-refractivity contribution in [3.05, 3.63) is 66.4 Å². The standard InChI is InChI=1S/C18H13NO/c1-12-10-14(13-6-3-2-4-7-13)11-15-17-16(20-18(12)15)8-5-9-19-17/h2-11H,1H3. The van der Waals surface area contributed by atoms with Gasteiger partial charge in [0, 0.05) is 11.6 Å². The summed E-state index contributed by atoms with van der Waals surface area (Å²) in [5.74, 6) is 0. The molecule has 20 heavy (non-hydrogen) atoms.